The molecule has 0 aromatic heterocycles. The quantitative estimate of drug-likeness (QED) is 0.391. The normalized spacial score (nSPS) is 11.2. The van der Waals surface area contributed by atoms with Gasteiger partial charge in [-0.2, -0.15) is 0 Å². The number of likely N-dealkylation sites (N-methyl/N-ethyl adjacent to an activating group) is 1. The van der Waals surface area contributed by atoms with Gasteiger partial charge in [0.2, 0.25) is 5.91 Å². The Morgan fingerprint density at radius 2 is 1.88 bits per heavy atom. The molecule has 26 heavy (non-hydrogen) atoms. The van der Waals surface area contributed by atoms with E-state index in [-0.39, 0.29) is 25.3 Å². The molecule has 9 nitrogen and oxygen atoms in total. The topological polar surface area (TPSA) is 122 Å². The lowest BCUT2D eigenvalue weighted by atomic mass is 10.1. The van der Waals surface area contributed by atoms with E-state index in [1.807, 2.05) is 30.3 Å². The second kappa shape index (κ2) is 10.8. The molecule has 4 amide bonds. The van der Waals surface area contributed by atoms with Gasteiger partial charge in [0.1, 0.15) is 6.17 Å². The number of benzene rings is 1. The van der Waals surface area contributed by atoms with Crippen LogP contribution in [-0.2, 0) is 25.6 Å². The maximum Gasteiger partial charge on any atom is 0.433 e. The van der Waals surface area contributed by atoms with Gasteiger partial charge in [-0.15, -0.1) is 5.06 Å². The smallest absolute Gasteiger partial charge is 0.324 e. The molecule has 1 rings (SSSR count). The molecular weight excluding hydrogens is 340 g/mol. The third-order valence-electron chi connectivity index (χ3n) is 3.58. The predicted molar refractivity (Wildman–Crippen MR) is 93.2 cm³/mol. The van der Waals surface area contributed by atoms with E-state index in [0.717, 1.165) is 5.56 Å². The fourth-order valence-corrected chi connectivity index (χ4v) is 2.15. The lowest BCUT2D eigenvalue weighted by Gasteiger charge is -2.29. The van der Waals surface area contributed by atoms with Crippen LogP contribution in [0.1, 0.15) is 25.3 Å². The van der Waals surface area contributed by atoms with Crippen LogP contribution in [0.2, 0.25) is 0 Å². The molecule has 1 aromatic rings. The van der Waals surface area contributed by atoms with Gasteiger partial charge in [0, 0.05) is 19.9 Å². The van der Waals surface area contributed by atoms with Gasteiger partial charge in [0.15, 0.2) is 0 Å². The lowest BCUT2D eigenvalue weighted by Crippen LogP contribution is -2.52. The third-order valence-corrected chi connectivity index (χ3v) is 3.58. The number of carbonyl (C=O) groups is 4. The van der Waals surface area contributed by atoms with Gasteiger partial charge in [-0.1, -0.05) is 37.3 Å². The Balaban J connectivity index is 2.83. The van der Waals surface area contributed by atoms with Crippen molar-refractivity contribution in [3.8, 4) is 0 Å². The van der Waals surface area contributed by atoms with Gasteiger partial charge in [-0.25, -0.2) is 4.79 Å². The van der Waals surface area contributed by atoms with Crippen LogP contribution in [0.4, 0.5) is 4.79 Å². The van der Waals surface area contributed by atoms with Gasteiger partial charge in [-0.3, -0.25) is 19.7 Å². The average molecular weight is 364 g/mol. The molecule has 0 radical (unpaired) electrons. The largest absolute Gasteiger partial charge is 0.433 e. The molecule has 0 heterocycles. The summed E-state index contributed by atoms with van der Waals surface area (Å²) in [6, 6.07) is 9.17. The van der Waals surface area contributed by atoms with Crippen molar-refractivity contribution >= 4 is 24.3 Å². The first-order chi connectivity index (χ1) is 12.4. The van der Waals surface area contributed by atoms with E-state index in [1.165, 1.54) is 11.9 Å². The summed E-state index contributed by atoms with van der Waals surface area (Å²) in [5.41, 5.74) is 6.24. The van der Waals surface area contributed by atoms with Crippen molar-refractivity contribution in [1.29, 1.82) is 0 Å². The zero-order valence-corrected chi connectivity index (χ0v) is 14.9. The maximum atomic E-state index is 12.1. The molecule has 1 atom stereocenters. The Bertz CT molecular complexity index is 623. The van der Waals surface area contributed by atoms with Crippen LogP contribution >= 0.6 is 0 Å². The number of nitrogens with one attached hydrogen (secondary N) is 1. The molecule has 0 fully saturated rings. The molecule has 0 aliphatic rings. The van der Waals surface area contributed by atoms with E-state index in [1.54, 1.807) is 6.92 Å². The first-order valence-electron chi connectivity index (χ1n) is 8.18. The Kier molecular flexibility index (Phi) is 8.79. The van der Waals surface area contributed by atoms with Crippen molar-refractivity contribution in [3.05, 3.63) is 35.9 Å². The lowest BCUT2D eigenvalue weighted by molar-refractivity contribution is -0.171. The average Bonchev–Trinajstić information content (AvgIpc) is 2.65. The number of hydrogen-bond acceptors (Lipinski definition) is 6. The molecule has 0 saturated heterocycles. The van der Waals surface area contributed by atoms with Gasteiger partial charge < -0.3 is 15.5 Å². The predicted octanol–water partition coefficient (Wildman–Crippen LogP) is 0.399. The Labute approximate surface area is 152 Å². The standard InChI is InChI=1S/C17H24N4O5/c1-3-7-15(23)21(12-22)26-17(25)19-14(20(2)16(24)11-18)10-13-8-5-4-6-9-13/h4-6,8-9,12,14H,3,7,10-11,18H2,1-2H3,(H,19,25). The van der Waals surface area contributed by atoms with Gasteiger partial charge >= 0.3 is 6.09 Å². The summed E-state index contributed by atoms with van der Waals surface area (Å²) in [5, 5.41) is 2.81. The Morgan fingerprint density at radius 1 is 1.23 bits per heavy atom. The highest BCUT2D eigenvalue weighted by molar-refractivity contribution is 5.86. The van der Waals surface area contributed by atoms with Gasteiger partial charge in [0.05, 0.1) is 6.54 Å². The van der Waals surface area contributed by atoms with Crippen LogP contribution in [0.25, 0.3) is 0 Å². The minimum absolute atomic E-state index is 0.0605. The number of imide groups is 1. The molecule has 0 aliphatic heterocycles. The molecule has 0 saturated carbocycles. The Morgan fingerprint density at radius 3 is 2.42 bits per heavy atom. The molecule has 142 valence electrons. The molecular formula is C17H24N4O5. The number of carbonyl (C=O) groups excluding carboxylic acids is 4. The highest BCUT2D eigenvalue weighted by Gasteiger charge is 2.24. The number of amides is 4. The van der Waals surface area contributed by atoms with E-state index in [4.69, 9.17) is 10.6 Å². The summed E-state index contributed by atoms with van der Waals surface area (Å²) >= 11 is 0. The van der Waals surface area contributed by atoms with E-state index in [9.17, 15) is 19.2 Å². The fraction of sp³-hybridized carbons (Fsp3) is 0.412. The van der Waals surface area contributed by atoms with Crippen molar-refractivity contribution in [2.45, 2.75) is 32.4 Å². The Hall–Kier alpha value is -2.94. The molecule has 9 heteroatoms. The summed E-state index contributed by atoms with van der Waals surface area (Å²) in [6.07, 6.45) is -0.820. The number of rotatable bonds is 8. The minimum atomic E-state index is -1.03. The molecule has 1 unspecified atom stereocenters. The summed E-state index contributed by atoms with van der Waals surface area (Å²) in [7, 11) is 1.49. The molecule has 0 aliphatic carbocycles. The van der Waals surface area contributed by atoms with Crippen molar-refractivity contribution in [2.75, 3.05) is 13.6 Å². The molecule has 3 N–H and O–H groups in total. The third kappa shape index (κ3) is 6.52. The highest BCUT2D eigenvalue weighted by Crippen LogP contribution is 2.07. The van der Waals surface area contributed by atoms with E-state index in [0.29, 0.717) is 17.9 Å². The van der Waals surface area contributed by atoms with Crippen molar-refractivity contribution in [2.24, 2.45) is 5.73 Å². The first-order valence-corrected chi connectivity index (χ1v) is 8.18. The summed E-state index contributed by atoms with van der Waals surface area (Å²) < 4.78 is 0. The van der Waals surface area contributed by atoms with Crippen LogP contribution in [0, 0.1) is 0 Å². The SMILES string of the molecule is CCCC(=O)N(C=O)OC(=O)NC(Cc1ccccc1)N(C)C(=O)CN. The number of nitrogens with two attached hydrogens (primary N) is 1. The van der Waals surface area contributed by atoms with Crippen LogP contribution in [0.3, 0.4) is 0 Å². The maximum absolute atomic E-state index is 12.1. The fourth-order valence-electron chi connectivity index (χ4n) is 2.15. The number of hydrogen-bond donors (Lipinski definition) is 2. The summed E-state index contributed by atoms with van der Waals surface area (Å²) in [5.74, 6) is -1.02. The van der Waals surface area contributed by atoms with Crippen LogP contribution < -0.4 is 11.1 Å². The number of hydroxylamine groups is 2. The summed E-state index contributed by atoms with van der Waals surface area (Å²) in [4.78, 5) is 52.6. The second-order valence-corrected chi connectivity index (χ2v) is 5.51. The van der Waals surface area contributed by atoms with Gasteiger partial charge in [0.25, 0.3) is 12.3 Å². The molecule has 0 bridgehead atoms. The minimum Gasteiger partial charge on any atom is -0.324 e. The van der Waals surface area contributed by atoms with E-state index < -0.39 is 18.2 Å². The zero-order chi connectivity index (χ0) is 19.5. The van der Waals surface area contributed by atoms with Crippen molar-refractivity contribution in [1.82, 2.24) is 15.3 Å². The monoisotopic (exact) mass is 364 g/mol. The molecule has 1 aromatic carbocycles. The van der Waals surface area contributed by atoms with Crippen LogP contribution in [0.15, 0.2) is 30.3 Å². The zero-order valence-electron chi connectivity index (χ0n) is 14.9. The van der Waals surface area contributed by atoms with Gasteiger partial charge in [-0.05, 0) is 12.0 Å². The second-order valence-electron chi connectivity index (χ2n) is 5.51. The van der Waals surface area contributed by atoms with E-state index in [2.05, 4.69) is 5.32 Å². The van der Waals surface area contributed by atoms with Crippen LogP contribution in [-0.4, -0.2) is 54.0 Å². The number of nitrogens with zero attached hydrogens (tertiary/aromatic N) is 2. The van der Waals surface area contributed by atoms with Crippen molar-refractivity contribution < 1.29 is 24.0 Å². The van der Waals surface area contributed by atoms with Crippen LogP contribution in [0.5, 0.6) is 0 Å². The van der Waals surface area contributed by atoms with E-state index >= 15 is 0 Å². The summed E-state index contributed by atoms with van der Waals surface area (Å²) in [6.45, 7) is 1.53. The molecule has 0 spiro atoms. The highest BCUT2D eigenvalue weighted by atomic mass is 16.7. The first kappa shape index (κ1) is 21.1. The van der Waals surface area contributed by atoms with Crippen molar-refractivity contribution in [3.63, 3.8) is 0 Å².